The maximum atomic E-state index is 10.5. The van der Waals surface area contributed by atoms with Crippen LogP contribution in [0.4, 0.5) is 0 Å². The Kier molecular flexibility index (Phi) is 2.95. The Bertz CT molecular complexity index is 367. The molecule has 66 valence electrons. The first-order valence-corrected chi connectivity index (χ1v) is 3.58. The number of nitrogens with zero attached hydrogens (tertiary/aromatic N) is 1. The zero-order valence-electron chi connectivity index (χ0n) is 6.73. The monoisotopic (exact) mass is 177 g/mol. The van der Waals surface area contributed by atoms with E-state index in [4.69, 9.17) is 5.11 Å². The summed E-state index contributed by atoms with van der Waals surface area (Å²) in [5.74, 6) is 0.0432. The summed E-state index contributed by atoms with van der Waals surface area (Å²) in [5.41, 5.74) is 0.926. The van der Waals surface area contributed by atoms with Crippen molar-refractivity contribution in [3.05, 3.63) is 29.3 Å². The van der Waals surface area contributed by atoms with E-state index in [0.29, 0.717) is 17.4 Å². The molecule has 0 heterocycles. The van der Waals surface area contributed by atoms with Gasteiger partial charge in [0.1, 0.15) is 12.0 Å². The van der Waals surface area contributed by atoms with Crippen molar-refractivity contribution < 1.29 is 14.7 Å². The average molecular weight is 177 g/mol. The molecule has 1 aromatic carbocycles. The molecule has 0 saturated heterocycles. The number of aliphatic imine (C=N–C) groups is 1. The maximum Gasteiger partial charge on any atom is 0.235 e. The van der Waals surface area contributed by atoms with Crippen LogP contribution in [0.15, 0.2) is 23.2 Å². The van der Waals surface area contributed by atoms with E-state index in [2.05, 4.69) is 4.99 Å². The first-order valence-electron chi connectivity index (χ1n) is 3.58. The highest BCUT2D eigenvalue weighted by Crippen LogP contribution is 2.15. The number of hydrogen-bond donors (Lipinski definition) is 1. The maximum absolute atomic E-state index is 10.5. The van der Waals surface area contributed by atoms with E-state index in [0.717, 1.165) is 0 Å². The van der Waals surface area contributed by atoms with E-state index >= 15 is 0 Å². The number of isocyanates is 1. The summed E-state index contributed by atoms with van der Waals surface area (Å²) in [4.78, 5) is 23.6. The molecule has 0 bridgehead atoms. The van der Waals surface area contributed by atoms with Gasteiger partial charge in [-0.15, -0.1) is 0 Å². The van der Waals surface area contributed by atoms with E-state index in [1.807, 2.05) is 0 Å². The van der Waals surface area contributed by atoms with Crippen LogP contribution < -0.4 is 0 Å². The molecule has 0 radical (unpaired) electrons. The van der Waals surface area contributed by atoms with Crippen molar-refractivity contribution in [2.75, 3.05) is 0 Å². The van der Waals surface area contributed by atoms with Gasteiger partial charge in [-0.05, 0) is 23.8 Å². The van der Waals surface area contributed by atoms with Crippen LogP contribution in [0.1, 0.15) is 15.9 Å². The molecule has 0 unspecified atom stereocenters. The number of hydrogen-bond acceptors (Lipinski definition) is 4. The molecule has 4 nitrogen and oxygen atoms in total. The van der Waals surface area contributed by atoms with Gasteiger partial charge in [0.2, 0.25) is 6.08 Å². The van der Waals surface area contributed by atoms with Gasteiger partial charge in [0.05, 0.1) is 6.54 Å². The van der Waals surface area contributed by atoms with Gasteiger partial charge in [-0.25, -0.2) is 9.79 Å². The quantitative estimate of drug-likeness (QED) is 0.426. The SMILES string of the molecule is O=C=NCc1cc(O)ccc1C=O. The van der Waals surface area contributed by atoms with Crippen molar-refractivity contribution in [1.82, 2.24) is 0 Å². The third kappa shape index (κ3) is 2.25. The van der Waals surface area contributed by atoms with Crippen molar-refractivity contribution in [3.63, 3.8) is 0 Å². The molecule has 0 aromatic heterocycles. The van der Waals surface area contributed by atoms with Crippen LogP contribution in [0.5, 0.6) is 5.75 Å². The first kappa shape index (κ1) is 9.16. The van der Waals surface area contributed by atoms with Gasteiger partial charge in [-0.3, -0.25) is 4.79 Å². The zero-order valence-corrected chi connectivity index (χ0v) is 6.73. The van der Waals surface area contributed by atoms with E-state index < -0.39 is 0 Å². The Morgan fingerprint density at radius 2 is 2.31 bits per heavy atom. The Hall–Kier alpha value is -1.93. The summed E-state index contributed by atoms with van der Waals surface area (Å²) in [5, 5.41) is 9.08. The highest BCUT2D eigenvalue weighted by Gasteiger charge is 2.01. The van der Waals surface area contributed by atoms with Gasteiger partial charge in [0.25, 0.3) is 0 Å². The van der Waals surface area contributed by atoms with Crippen LogP contribution in [-0.4, -0.2) is 17.5 Å². The van der Waals surface area contributed by atoms with Gasteiger partial charge in [0.15, 0.2) is 0 Å². The van der Waals surface area contributed by atoms with Crippen LogP contribution in [0.2, 0.25) is 0 Å². The molecule has 0 amide bonds. The molecule has 0 saturated carbocycles. The number of aldehydes is 1. The van der Waals surface area contributed by atoms with Gasteiger partial charge >= 0.3 is 0 Å². The fraction of sp³-hybridized carbons (Fsp3) is 0.111. The zero-order chi connectivity index (χ0) is 9.68. The number of phenols is 1. The summed E-state index contributed by atoms with van der Waals surface area (Å²) in [6.45, 7) is 0.0615. The molecular formula is C9H7NO3. The lowest BCUT2D eigenvalue weighted by Crippen LogP contribution is -1.90. The van der Waals surface area contributed by atoms with Crippen molar-refractivity contribution in [2.45, 2.75) is 6.54 Å². The summed E-state index contributed by atoms with van der Waals surface area (Å²) in [6, 6.07) is 4.26. The topological polar surface area (TPSA) is 66.7 Å². The third-order valence-electron chi connectivity index (χ3n) is 1.57. The standard InChI is InChI=1S/C9H7NO3/c11-5-7-1-2-9(13)3-8(7)4-10-6-12/h1-3,5,13H,4H2. The minimum Gasteiger partial charge on any atom is -0.508 e. The van der Waals surface area contributed by atoms with Crippen LogP contribution in [0.25, 0.3) is 0 Å². The molecule has 1 N–H and O–H groups in total. The van der Waals surface area contributed by atoms with E-state index in [1.54, 1.807) is 0 Å². The number of rotatable bonds is 3. The third-order valence-corrected chi connectivity index (χ3v) is 1.57. The summed E-state index contributed by atoms with van der Waals surface area (Å²) >= 11 is 0. The van der Waals surface area contributed by atoms with Gasteiger partial charge in [0, 0.05) is 5.56 Å². The van der Waals surface area contributed by atoms with Crippen molar-refractivity contribution in [3.8, 4) is 5.75 Å². The molecule has 13 heavy (non-hydrogen) atoms. The van der Waals surface area contributed by atoms with E-state index in [1.165, 1.54) is 24.3 Å². The fourth-order valence-corrected chi connectivity index (χ4v) is 0.962. The fourth-order valence-electron chi connectivity index (χ4n) is 0.962. The lowest BCUT2D eigenvalue weighted by molar-refractivity contribution is 0.112. The molecule has 0 fully saturated rings. The molecular weight excluding hydrogens is 170 g/mol. The predicted molar refractivity (Wildman–Crippen MR) is 45.3 cm³/mol. The molecule has 0 aliphatic carbocycles. The number of aromatic hydroxyl groups is 1. The highest BCUT2D eigenvalue weighted by atomic mass is 16.3. The van der Waals surface area contributed by atoms with Crippen LogP contribution in [0, 0.1) is 0 Å². The van der Waals surface area contributed by atoms with Crippen molar-refractivity contribution >= 4 is 12.4 Å². The second-order valence-electron chi connectivity index (χ2n) is 2.41. The second kappa shape index (κ2) is 4.18. The van der Waals surface area contributed by atoms with Crippen LogP contribution >= 0.6 is 0 Å². The number of carbonyl (C=O) groups excluding carboxylic acids is 2. The lowest BCUT2D eigenvalue weighted by atomic mass is 10.1. The van der Waals surface area contributed by atoms with Crippen LogP contribution in [-0.2, 0) is 11.3 Å². The highest BCUT2D eigenvalue weighted by molar-refractivity contribution is 5.77. The molecule has 0 aliphatic heterocycles. The Morgan fingerprint density at radius 3 is 2.92 bits per heavy atom. The molecule has 4 heteroatoms. The van der Waals surface area contributed by atoms with Crippen LogP contribution in [0.3, 0.4) is 0 Å². The summed E-state index contributed by atoms with van der Waals surface area (Å²) in [6.07, 6.45) is 2.01. The Balaban J connectivity index is 3.07. The molecule has 0 atom stereocenters. The molecule has 0 aliphatic rings. The minimum atomic E-state index is 0.0432. The van der Waals surface area contributed by atoms with E-state index in [9.17, 15) is 9.59 Å². The Labute approximate surface area is 74.5 Å². The van der Waals surface area contributed by atoms with Gasteiger partial charge < -0.3 is 5.11 Å². The van der Waals surface area contributed by atoms with Gasteiger partial charge in [-0.2, -0.15) is 0 Å². The number of phenolic OH excluding ortho intramolecular Hbond substituents is 1. The van der Waals surface area contributed by atoms with E-state index in [-0.39, 0.29) is 12.3 Å². The van der Waals surface area contributed by atoms with Crippen molar-refractivity contribution in [1.29, 1.82) is 0 Å². The number of carbonyl (C=O) groups is 1. The average Bonchev–Trinajstić information content (AvgIpc) is 2.15. The second-order valence-corrected chi connectivity index (χ2v) is 2.41. The first-order chi connectivity index (χ1) is 6.27. The summed E-state index contributed by atoms with van der Waals surface area (Å²) in [7, 11) is 0. The molecule has 0 spiro atoms. The molecule has 1 rings (SSSR count). The Morgan fingerprint density at radius 1 is 1.54 bits per heavy atom. The van der Waals surface area contributed by atoms with Gasteiger partial charge in [-0.1, -0.05) is 0 Å². The predicted octanol–water partition coefficient (Wildman–Crippen LogP) is 1.04. The summed E-state index contributed by atoms with van der Waals surface area (Å²) < 4.78 is 0. The van der Waals surface area contributed by atoms with Crippen molar-refractivity contribution in [2.24, 2.45) is 4.99 Å². The largest absolute Gasteiger partial charge is 0.508 e. The molecule has 1 aromatic rings. The minimum absolute atomic E-state index is 0.0432. The number of benzene rings is 1. The lowest BCUT2D eigenvalue weighted by Gasteiger charge is -2.00. The smallest absolute Gasteiger partial charge is 0.235 e. The normalized spacial score (nSPS) is 8.92.